The van der Waals surface area contributed by atoms with Gasteiger partial charge in [0.1, 0.15) is 0 Å². The van der Waals surface area contributed by atoms with E-state index in [1.54, 1.807) is 0 Å². The van der Waals surface area contributed by atoms with Crippen LogP contribution in [0.5, 0.6) is 0 Å². The van der Waals surface area contributed by atoms with Crippen molar-refractivity contribution in [3.05, 3.63) is 258 Å². The molecule has 10 aromatic carbocycles. The van der Waals surface area contributed by atoms with Gasteiger partial charge in [0.2, 0.25) is 0 Å². The number of benzene rings is 10. The fourth-order valence-corrected chi connectivity index (χ4v) is 10.4. The predicted octanol–water partition coefficient (Wildman–Crippen LogP) is 16.9. The maximum absolute atomic E-state index is 2.45. The summed E-state index contributed by atoms with van der Waals surface area (Å²) in [6.07, 6.45) is 0. The molecule has 64 heavy (non-hydrogen) atoms. The van der Waals surface area contributed by atoms with Crippen LogP contribution in [0.25, 0.3) is 94.3 Å². The molecule has 1 heteroatoms. The van der Waals surface area contributed by atoms with E-state index in [1.807, 2.05) is 0 Å². The van der Waals surface area contributed by atoms with Crippen molar-refractivity contribution < 1.29 is 0 Å². The van der Waals surface area contributed by atoms with Gasteiger partial charge in [-0.25, -0.2) is 0 Å². The Labute approximate surface area is 375 Å². The Morgan fingerprint density at radius 2 is 0.688 bits per heavy atom. The maximum atomic E-state index is 2.45. The first kappa shape index (κ1) is 37.7. The average molecular weight is 816 g/mol. The van der Waals surface area contributed by atoms with E-state index in [1.165, 1.54) is 122 Å². The Balaban J connectivity index is 0.936. The summed E-state index contributed by atoms with van der Waals surface area (Å²) < 4.78 is 2.45. The monoisotopic (exact) mass is 815 g/mol. The van der Waals surface area contributed by atoms with Crippen LogP contribution in [0.15, 0.2) is 231 Å². The number of fused-ring (bicyclic) bond motifs is 6. The van der Waals surface area contributed by atoms with Gasteiger partial charge in [0.05, 0.1) is 11.0 Å². The lowest BCUT2D eigenvalue weighted by Crippen LogP contribution is -2.01. The van der Waals surface area contributed by atoms with Crippen LogP contribution in [-0.2, 0) is 0 Å². The van der Waals surface area contributed by atoms with Crippen molar-refractivity contribution in [2.24, 2.45) is 0 Å². The third-order valence-electron chi connectivity index (χ3n) is 13.6. The Hall–Kier alpha value is -8.00. The van der Waals surface area contributed by atoms with Crippen LogP contribution >= 0.6 is 0 Å². The first-order valence-corrected chi connectivity index (χ1v) is 22.4. The second-order valence-electron chi connectivity index (χ2n) is 17.4. The van der Waals surface area contributed by atoms with Crippen molar-refractivity contribution in [1.29, 1.82) is 0 Å². The van der Waals surface area contributed by atoms with Crippen LogP contribution in [0.4, 0.5) is 0 Å². The first-order chi connectivity index (χ1) is 31.6. The lowest BCUT2D eigenvalue weighted by molar-refractivity contribution is 1.01. The van der Waals surface area contributed by atoms with Crippen molar-refractivity contribution in [2.75, 3.05) is 0 Å². The highest BCUT2D eigenvalue weighted by atomic mass is 15.0. The van der Waals surface area contributed by atoms with Crippen molar-refractivity contribution in [3.8, 4) is 72.4 Å². The van der Waals surface area contributed by atoms with Crippen LogP contribution in [0.1, 0.15) is 33.7 Å². The minimum Gasteiger partial charge on any atom is -0.309 e. The minimum absolute atomic E-state index is 0.149. The van der Waals surface area contributed by atoms with Crippen LogP contribution in [0.3, 0.4) is 0 Å². The summed E-state index contributed by atoms with van der Waals surface area (Å²) >= 11 is 0. The molecule has 0 radical (unpaired) electrons. The van der Waals surface area contributed by atoms with Gasteiger partial charge in [-0.05, 0) is 157 Å². The van der Waals surface area contributed by atoms with Crippen molar-refractivity contribution in [1.82, 2.24) is 4.57 Å². The molecule has 1 heterocycles. The summed E-state index contributed by atoms with van der Waals surface area (Å²) in [5.41, 5.74) is 25.2. The molecular formula is C63H45N. The smallest absolute Gasteiger partial charge is 0.0541 e. The van der Waals surface area contributed by atoms with Crippen molar-refractivity contribution in [3.63, 3.8) is 0 Å². The zero-order valence-corrected chi connectivity index (χ0v) is 36.0. The molecule has 1 nitrogen and oxygen atoms in total. The Morgan fingerprint density at radius 1 is 0.297 bits per heavy atom. The molecule has 0 amide bonds. The zero-order chi connectivity index (χ0) is 42.7. The highest BCUT2D eigenvalue weighted by Crippen LogP contribution is 2.51. The van der Waals surface area contributed by atoms with Crippen molar-refractivity contribution in [2.45, 2.75) is 19.8 Å². The van der Waals surface area contributed by atoms with Crippen LogP contribution < -0.4 is 0 Å². The quantitative estimate of drug-likeness (QED) is 0.151. The third-order valence-corrected chi connectivity index (χ3v) is 13.6. The second kappa shape index (κ2) is 15.4. The number of rotatable bonds is 7. The highest BCUT2D eigenvalue weighted by molar-refractivity contribution is 6.11. The van der Waals surface area contributed by atoms with Gasteiger partial charge in [-0.1, -0.05) is 182 Å². The largest absolute Gasteiger partial charge is 0.309 e. The summed E-state index contributed by atoms with van der Waals surface area (Å²) in [5, 5.41) is 2.51. The van der Waals surface area contributed by atoms with E-state index in [-0.39, 0.29) is 5.92 Å². The van der Waals surface area contributed by atoms with Crippen LogP contribution in [0, 0.1) is 13.8 Å². The fourth-order valence-electron chi connectivity index (χ4n) is 10.4. The number of hydrogen-bond donors (Lipinski definition) is 0. The van der Waals surface area contributed by atoms with E-state index in [2.05, 4.69) is 249 Å². The maximum Gasteiger partial charge on any atom is 0.0541 e. The van der Waals surface area contributed by atoms with E-state index < -0.39 is 0 Å². The van der Waals surface area contributed by atoms with Gasteiger partial charge in [0.15, 0.2) is 0 Å². The van der Waals surface area contributed by atoms with Gasteiger partial charge in [0.25, 0.3) is 0 Å². The predicted molar refractivity (Wildman–Crippen MR) is 270 cm³/mol. The average Bonchev–Trinajstić information content (AvgIpc) is 3.86. The molecule has 1 aromatic heterocycles. The summed E-state index contributed by atoms with van der Waals surface area (Å²) in [7, 11) is 0. The molecule has 0 unspecified atom stereocenters. The van der Waals surface area contributed by atoms with Gasteiger partial charge in [-0.2, -0.15) is 0 Å². The molecule has 0 atom stereocenters. The lowest BCUT2D eigenvalue weighted by atomic mass is 9.85. The van der Waals surface area contributed by atoms with Gasteiger partial charge in [0, 0.05) is 22.4 Å². The molecule has 0 saturated heterocycles. The number of hydrogen-bond acceptors (Lipinski definition) is 0. The number of aryl methyl sites for hydroxylation is 2. The molecule has 0 fully saturated rings. The number of aromatic nitrogens is 1. The van der Waals surface area contributed by atoms with E-state index in [9.17, 15) is 0 Å². The number of nitrogens with zero attached hydrogens (tertiary/aromatic N) is 1. The molecule has 0 aliphatic heterocycles. The summed E-state index contributed by atoms with van der Waals surface area (Å²) in [4.78, 5) is 0. The van der Waals surface area contributed by atoms with Crippen LogP contribution in [-0.4, -0.2) is 4.57 Å². The Morgan fingerprint density at radius 3 is 1.11 bits per heavy atom. The molecule has 1 aliphatic carbocycles. The molecule has 11 aromatic rings. The Bertz CT molecular complexity index is 3360. The topological polar surface area (TPSA) is 4.93 Å². The van der Waals surface area contributed by atoms with E-state index in [4.69, 9.17) is 0 Å². The molecule has 302 valence electrons. The highest BCUT2D eigenvalue weighted by Gasteiger charge is 2.31. The Kier molecular flexibility index (Phi) is 9.09. The summed E-state index contributed by atoms with van der Waals surface area (Å²) in [5.74, 6) is 0.149. The molecule has 0 N–H and O–H groups in total. The lowest BCUT2D eigenvalue weighted by Gasteiger charge is -2.18. The molecule has 1 aliphatic rings. The van der Waals surface area contributed by atoms with Crippen LogP contribution in [0.2, 0.25) is 0 Å². The SMILES string of the molecule is Cc1cc(C2c3ccc(-c4ccccc4)cc3-c3cc(-c4ccccc4)ccc32)ccc1-c1ccc(-n2c3ccc(-c4ccccc4)cc3c3cc(-c4ccccc4)ccc32)cc1C. The molecule has 0 bridgehead atoms. The first-order valence-electron chi connectivity index (χ1n) is 22.4. The molecule has 12 rings (SSSR count). The molecular weight excluding hydrogens is 771 g/mol. The second-order valence-corrected chi connectivity index (χ2v) is 17.4. The van der Waals surface area contributed by atoms with Crippen molar-refractivity contribution >= 4 is 21.8 Å². The van der Waals surface area contributed by atoms with Gasteiger partial charge >= 0.3 is 0 Å². The van der Waals surface area contributed by atoms with Gasteiger partial charge in [-0.15, -0.1) is 0 Å². The zero-order valence-electron chi connectivity index (χ0n) is 36.0. The van der Waals surface area contributed by atoms with E-state index in [0.29, 0.717) is 0 Å². The standard InChI is InChI=1S/C63H45N/c1-41-35-51(63-55-30-23-47(43-15-7-3-8-16-43)37-57(55)58-38-48(24-31-56(58)63)44-17-9-4-10-18-44)25-29-53(41)54-32-28-52(36-42(54)2)64-61-33-26-49(45-19-11-5-12-20-45)39-59(61)60-40-50(27-34-62(60)64)46-21-13-6-14-22-46/h3-40,63H,1-2H3. The fraction of sp³-hybridized carbons (Fsp3) is 0.0476. The molecule has 0 saturated carbocycles. The van der Waals surface area contributed by atoms with E-state index in [0.717, 1.165) is 0 Å². The summed E-state index contributed by atoms with van der Waals surface area (Å²) in [6.45, 7) is 4.54. The molecule has 0 spiro atoms. The van der Waals surface area contributed by atoms with Gasteiger partial charge < -0.3 is 4.57 Å². The minimum atomic E-state index is 0.149. The van der Waals surface area contributed by atoms with E-state index >= 15 is 0 Å². The van der Waals surface area contributed by atoms with Gasteiger partial charge in [-0.3, -0.25) is 0 Å². The third kappa shape index (κ3) is 6.40. The normalized spacial score (nSPS) is 12.2. The summed E-state index contributed by atoms with van der Waals surface area (Å²) in [6, 6.07) is 85.1.